The molecule has 2 nitrogen and oxygen atoms in total. The van der Waals surface area contributed by atoms with Crippen molar-refractivity contribution in [3.63, 3.8) is 0 Å². The van der Waals surface area contributed by atoms with Crippen molar-refractivity contribution in [1.29, 1.82) is 0 Å². The van der Waals surface area contributed by atoms with Gasteiger partial charge in [-0.25, -0.2) is 9.97 Å². The monoisotopic (exact) mass is 460 g/mol. The number of hydrogen-bond acceptors (Lipinski definition) is 2. The number of aromatic nitrogens is 2. The second kappa shape index (κ2) is 8.00. The minimum atomic E-state index is 0.959. The normalized spacial score (nSPS) is 11.6. The summed E-state index contributed by atoms with van der Waals surface area (Å²) < 4.78 is 0. The molecule has 0 fully saturated rings. The fraction of sp³-hybridized carbons (Fsp3) is 0.0588. The van der Waals surface area contributed by atoms with Gasteiger partial charge in [-0.1, -0.05) is 97.1 Å². The number of pyridine rings is 2. The first-order chi connectivity index (χ1) is 17.7. The first-order valence-corrected chi connectivity index (χ1v) is 12.4. The van der Waals surface area contributed by atoms with E-state index in [0.717, 1.165) is 44.3 Å². The largest absolute Gasteiger partial charge is 0.245 e. The molecule has 0 amide bonds. The van der Waals surface area contributed by atoms with Crippen LogP contribution >= 0.6 is 0 Å². The van der Waals surface area contributed by atoms with E-state index in [0.29, 0.717) is 0 Å². The van der Waals surface area contributed by atoms with Gasteiger partial charge in [-0.3, -0.25) is 0 Å². The van der Waals surface area contributed by atoms with E-state index in [2.05, 4.69) is 123 Å². The first kappa shape index (κ1) is 20.8. The highest BCUT2D eigenvalue weighted by molar-refractivity contribution is 6.09. The predicted molar refractivity (Wildman–Crippen MR) is 152 cm³/mol. The van der Waals surface area contributed by atoms with Crippen LogP contribution in [0.2, 0.25) is 0 Å². The van der Waals surface area contributed by atoms with Gasteiger partial charge in [0.2, 0.25) is 0 Å². The zero-order valence-electron chi connectivity index (χ0n) is 20.3. The molecule has 0 bridgehead atoms. The van der Waals surface area contributed by atoms with Gasteiger partial charge in [0.1, 0.15) is 0 Å². The third kappa shape index (κ3) is 3.11. The Morgan fingerprint density at radius 1 is 0.389 bits per heavy atom. The average Bonchev–Trinajstić information content (AvgIpc) is 2.95. The number of aryl methyl sites for hydroxylation is 2. The fourth-order valence-corrected chi connectivity index (χ4v) is 5.49. The molecular formula is C34H24N2. The van der Waals surface area contributed by atoms with E-state index in [1.165, 1.54) is 32.7 Å². The SMILES string of the molecule is Cc1c(C)c2ccc(-c3cccc4ccccc34)nc2c2nc(-c3cccc4ccccc34)ccc12. The maximum Gasteiger partial charge on any atom is 0.0975 e. The van der Waals surface area contributed by atoms with E-state index in [4.69, 9.17) is 9.97 Å². The molecule has 2 heteroatoms. The van der Waals surface area contributed by atoms with E-state index in [1.807, 2.05) is 0 Å². The molecule has 36 heavy (non-hydrogen) atoms. The van der Waals surface area contributed by atoms with Crippen LogP contribution in [0.15, 0.2) is 109 Å². The Bertz CT molecular complexity index is 1810. The zero-order chi connectivity index (χ0) is 24.2. The van der Waals surface area contributed by atoms with Gasteiger partial charge in [0.15, 0.2) is 0 Å². The van der Waals surface area contributed by atoms with Crippen LogP contribution in [0.1, 0.15) is 11.1 Å². The van der Waals surface area contributed by atoms with Crippen LogP contribution in [0.5, 0.6) is 0 Å². The number of benzene rings is 5. The lowest BCUT2D eigenvalue weighted by molar-refractivity contribution is 1.33. The summed E-state index contributed by atoms with van der Waals surface area (Å²) in [4.78, 5) is 10.5. The Morgan fingerprint density at radius 3 is 1.28 bits per heavy atom. The zero-order valence-corrected chi connectivity index (χ0v) is 20.3. The minimum absolute atomic E-state index is 0.959. The lowest BCUT2D eigenvalue weighted by atomic mass is 9.95. The molecule has 0 aliphatic carbocycles. The van der Waals surface area contributed by atoms with Crippen molar-refractivity contribution in [3.8, 4) is 22.5 Å². The highest BCUT2D eigenvalue weighted by Gasteiger charge is 2.15. The summed E-state index contributed by atoms with van der Waals surface area (Å²) in [6.07, 6.45) is 0. The van der Waals surface area contributed by atoms with Gasteiger partial charge in [-0.05, 0) is 58.7 Å². The molecule has 0 atom stereocenters. The highest BCUT2D eigenvalue weighted by Crippen LogP contribution is 2.36. The average molecular weight is 461 g/mol. The summed E-state index contributed by atoms with van der Waals surface area (Å²) in [7, 11) is 0. The second-order valence-electron chi connectivity index (χ2n) is 9.49. The molecule has 0 unspecified atom stereocenters. The Labute approximate surface area is 209 Å². The van der Waals surface area contributed by atoms with Crippen LogP contribution in [-0.2, 0) is 0 Å². The Hall–Kier alpha value is -4.56. The Balaban J connectivity index is 1.53. The van der Waals surface area contributed by atoms with Crippen LogP contribution in [-0.4, -0.2) is 9.97 Å². The number of hydrogen-bond donors (Lipinski definition) is 0. The standard InChI is InChI=1S/C34H24N2/c1-21-22(2)26-18-20-32(30-16-8-12-24-10-4-6-14-28(24)30)36-34(26)33-25(21)17-19-31(35-33)29-15-7-11-23-9-3-5-13-27(23)29/h3-20H,1-2H3. The third-order valence-corrected chi connectivity index (χ3v) is 7.52. The predicted octanol–water partition coefficient (Wildman–Crippen LogP) is 9.04. The first-order valence-electron chi connectivity index (χ1n) is 12.4. The topological polar surface area (TPSA) is 25.8 Å². The maximum absolute atomic E-state index is 5.26. The van der Waals surface area contributed by atoms with Crippen molar-refractivity contribution in [3.05, 3.63) is 120 Å². The summed E-state index contributed by atoms with van der Waals surface area (Å²) in [6, 6.07) is 38.6. The molecule has 0 saturated heterocycles. The van der Waals surface area contributed by atoms with Crippen LogP contribution in [0.25, 0.3) is 65.9 Å². The van der Waals surface area contributed by atoms with Gasteiger partial charge >= 0.3 is 0 Å². The van der Waals surface area contributed by atoms with Gasteiger partial charge in [0, 0.05) is 21.9 Å². The van der Waals surface area contributed by atoms with E-state index in [-0.39, 0.29) is 0 Å². The lowest BCUT2D eigenvalue weighted by Gasteiger charge is -2.14. The number of fused-ring (bicyclic) bond motifs is 5. The lowest BCUT2D eigenvalue weighted by Crippen LogP contribution is -1.96. The van der Waals surface area contributed by atoms with Crippen molar-refractivity contribution in [2.45, 2.75) is 13.8 Å². The molecule has 170 valence electrons. The fourth-order valence-electron chi connectivity index (χ4n) is 5.49. The van der Waals surface area contributed by atoms with Crippen LogP contribution < -0.4 is 0 Å². The van der Waals surface area contributed by atoms with E-state index < -0.39 is 0 Å². The van der Waals surface area contributed by atoms with E-state index >= 15 is 0 Å². The molecule has 2 heterocycles. The van der Waals surface area contributed by atoms with E-state index in [9.17, 15) is 0 Å². The molecule has 0 saturated carbocycles. The molecule has 7 rings (SSSR count). The molecule has 0 radical (unpaired) electrons. The van der Waals surface area contributed by atoms with Gasteiger partial charge < -0.3 is 0 Å². The van der Waals surface area contributed by atoms with Gasteiger partial charge in [0.25, 0.3) is 0 Å². The Kier molecular flexibility index (Phi) is 4.62. The van der Waals surface area contributed by atoms with Crippen molar-refractivity contribution < 1.29 is 0 Å². The number of rotatable bonds is 2. The summed E-state index contributed by atoms with van der Waals surface area (Å²) in [5.74, 6) is 0. The summed E-state index contributed by atoms with van der Waals surface area (Å²) in [5, 5.41) is 7.18. The summed E-state index contributed by atoms with van der Waals surface area (Å²) in [6.45, 7) is 4.38. The van der Waals surface area contributed by atoms with Crippen molar-refractivity contribution in [1.82, 2.24) is 9.97 Å². The van der Waals surface area contributed by atoms with Crippen LogP contribution in [0.4, 0.5) is 0 Å². The summed E-state index contributed by atoms with van der Waals surface area (Å²) >= 11 is 0. The molecule has 7 aromatic rings. The quantitative estimate of drug-likeness (QED) is 0.241. The highest BCUT2D eigenvalue weighted by atomic mass is 14.8. The van der Waals surface area contributed by atoms with Crippen LogP contribution in [0, 0.1) is 13.8 Å². The molecule has 2 aromatic heterocycles. The Morgan fingerprint density at radius 2 is 0.806 bits per heavy atom. The van der Waals surface area contributed by atoms with Crippen molar-refractivity contribution in [2.75, 3.05) is 0 Å². The van der Waals surface area contributed by atoms with Gasteiger partial charge in [-0.2, -0.15) is 0 Å². The van der Waals surface area contributed by atoms with Gasteiger partial charge in [-0.15, -0.1) is 0 Å². The number of nitrogens with zero attached hydrogens (tertiary/aromatic N) is 2. The smallest absolute Gasteiger partial charge is 0.0975 e. The molecule has 5 aromatic carbocycles. The molecule has 0 aliphatic rings. The molecular weight excluding hydrogens is 436 g/mol. The van der Waals surface area contributed by atoms with Crippen LogP contribution in [0.3, 0.4) is 0 Å². The minimum Gasteiger partial charge on any atom is -0.245 e. The molecule has 0 spiro atoms. The van der Waals surface area contributed by atoms with Gasteiger partial charge in [0.05, 0.1) is 22.4 Å². The van der Waals surface area contributed by atoms with Crippen molar-refractivity contribution >= 4 is 43.4 Å². The summed E-state index contributed by atoms with van der Waals surface area (Å²) in [5.41, 5.74) is 8.67. The van der Waals surface area contributed by atoms with Crippen molar-refractivity contribution in [2.24, 2.45) is 0 Å². The maximum atomic E-state index is 5.26. The second-order valence-corrected chi connectivity index (χ2v) is 9.49. The van der Waals surface area contributed by atoms with E-state index in [1.54, 1.807) is 0 Å². The molecule has 0 N–H and O–H groups in total. The third-order valence-electron chi connectivity index (χ3n) is 7.52. The molecule has 0 aliphatic heterocycles.